The van der Waals surface area contributed by atoms with E-state index in [1.165, 1.54) is 16.7 Å². The monoisotopic (exact) mass is 454 g/mol. The smallest absolute Gasteiger partial charge is 0.141 e. The Bertz CT molecular complexity index is 1200. The highest BCUT2D eigenvalue weighted by molar-refractivity contribution is 7.17. The van der Waals surface area contributed by atoms with Gasteiger partial charge in [0.05, 0.1) is 15.4 Å². The van der Waals surface area contributed by atoms with Gasteiger partial charge in [-0.2, -0.15) is 0 Å². The summed E-state index contributed by atoms with van der Waals surface area (Å²) in [6, 6.07) is 14.5. The van der Waals surface area contributed by atoms with Crippen LogP contribution in [0.4, 0.5) is 11.5 Å². The van der Waals surface area contributed by atoms with Crippen molar-refractivity contribution >= 4 is 56.3 Å². The Labute approximate surface area is 189 Å². The van der Waals surface area contributed by atoms with E-state index in [4.69, 9.17) is 28.2 Å². The van der Waals surface area contributed by atoms with E-state index in [1.54, 1.807) is 17.7 Å². The molecule has 0 unspecified atom stereocenters. The summed E-state index contributed by atoms with van der Waals surface area (Å²) in [5, 5.41) is 4.52. The molecule has 2 aromatic heterocycles. The zero-order valence-electron chi connectivity index (χ0n) is 16.5. The van der Waals surface area contributed by atoms with Crippen LogP contribution in [0.5, 0.6) is 0 Å². The second-order valence-corrected chi connectivity index (χ2v) is 9.14. The zero-order valence-corrected chi connectivity index (χ0v) is 18.8. The average molecular weight is 455 g/mol. The zero-order chi connectivity index (χ0) is 20.7. The average Bonchev–Trinajstić information content (AvgIpc) is 3.21. The van der Waals surface area contributed by atoms with Crippen LogP contribution >= 0.6 is 34.5 Å². The predicted octanol–water partition coefficient (Wildman–Crippen LogP) is 6.30. The Morgan fingerprint density at radius 2 is 1.60 bits per heavy atom. The fourth-order valence-electron chi connectivity index (χ4n) is 3.90. The normalized spacial score (nSPS) is 14.5. The van der Waals surface area contributed by atoms with Crippen molar-refractivity contribution in [3.05, 3.63) is 69.8 Å². The highest BCUT2D eigenvalue weighted by atomic mass is 35.5. The first-order valence-electron chi connectivity index (χ1n) is 9.84. The molecule has 4 nitrogen and oxygen atoms in total. The number of halogens is 2. The van der Waals surface area contributed by atoms with Crippen LogP contribution in [0.2, 0.25) is 10.0 Å². The minimum absolute atomic E-state index is 0.587. The quantitative estimate of drug-likeness (QED) is 0.363. The second kappa shape index (κ2) is 8.06. The first-order chi connectivity index (χ1) is 14.6. The molecule has 0 amide bonds. The van der Waals surface area contributed by atoms with Crippen molar-refractivity contribution in [3.8, 4) is 11.1 Å². The summed E-state index contributed by atoms with van der Waals surface area (Å²) in [6.45, 7) is 5.67. The van der Waals surface area contributed by atoms with Crippen molar-refractivity contribution in [2.75, 3.05) is 36.0 Å². The number of nitrogens with zero attached hydrogens (tertiary/aromatic N) is 4. The number of benzene rings is 2. The molecule has 4 aromatic rings. The lowest BCUT2D eigenvalue weighted by Crippen LogP contribution is -2.46. The van der Waals surface area contributed by atoms with Gasteiger partial charge >= 0.3 is 0 Å². The summed E-state index contributed by atoms with van der Waals surface area (Å²) in [5.41, 5.74) is 4.77. The van der Waals surface area contributed by atoms with Crippen LogP contribution < -0.4 is 9.80 Å². The van der Waals surface area contributed by atoms with Crippen molar-refractivity contribution in [2.45, 2.75) is 6.92 Å². The number of hydrogen-bond donors (Lipinski definition) is 0. The van der Waals surface area contributed by atoms with Crippen LogP contribution in [-0.4, -0.2) is 36.1 Å². The summed E-state index contributed by atoms with van der Waals surface area (Å²) >= 11 is 14.0. The molecule has 0 N–H and O–H groups in total. The Kier molecular flexibility index (Phi) is 5.27. The summed E-state index contributed by atoms with van der Waals surface area (Å²) in [5.74, 6) is 1.02. The van der Waals surface area contributed by atoms with Gasteiger partial charge < -0.3 is 9.80 Å². The molecular weight excluding hydrogens is 435 g/mol. The molecule has 0 atom stereocenters. The van der Waals surface area contributed by atoms with E-state index in [2.05, 4.69) is 51.4 Å². The molecule has 0 saturated carbocycles. The van der Waals surface area contributed by atoms with Crippen molar-refractivity contribution in [1.82, 2.24) is 9.97 Å². The molecule has 5 rings (SSSR count). The highest BCUT2D eigenvalue weighted by Crippen LogP contribution is 2.38. The molecule has 30 heavy (non-hydrogen) atoms. The maximum Gasteiger partial charge on any atom is 0.141 e. The van der Waals surface area contributed by atoms with E-state index in [-0.39, 0.29) is 0 Å². The maximum atomic E-state index is 6.21. The molecule has 2 aromatic carbocycles. The van der Waals surface area contributed by atoms with Crippen LogP contribution in [0.1, 0.15) is 5.56 Å². The number of anilines is 2. The third-order valence-electron chi connectivity index (χ3n) is 5.56. The van der Waals surface area contributed by atoms with Crippen molar-refractivity contribution in [3.63, 3.8) is 0 Å². The molecule has 0 radical (unpaired) electrons. The van der Waals surface area contributed by atoms with Gasteiger partial charge in [0.25, 0.3) is 0 Å². The van der Waals surface area contributed by atoms with E-state index in [9.17, 15) is 0 Å². The van der Waals surface area contributed by atoms with E-state index >= 15 is 0 Å². The molecular formula is C23H20Cl2N4S. The molecule has 1 aliphatic rings. The SMILES string of the molecule is Cc1ccc(-c2csc3ncnc(N4CCN(c5ccc(Cl)c(Cl)c5)CC4)c23)cc1. The fraction of sp³-hybridized carbons (Fsp3) is 0.217. The van der Waals surface area contributed by atoms with Crippen LogP contribution in [0.3, 0.4) is 0 Å². The van der Waals surface area contributed by atoms with E-state index in [0.29, 0.717) is 10.0 Å². The lowest BCUT2D eigenvalue weighted by Gasteiger charge is -2.37. The van der Waals surface area contributed by atoms with Crippen molar-refractivity contribution in [2.24, 2.45) is 0 Å². The number of hydrogen-bond acceptors (Lipinski definition) is 5. The molecule has 7 heteroatoms. The third kappa shape index (κ3) is 3.62. The topological polar surface area (TPSA) is 32.3 Å². The number of piperazine rings is 1. The first kappa shape index (κ1) is 19.6. The van der Waals surface area contributed by atoms with Gasteiger partial charge in [-0.1, -0.05) is 53.0 Å². The molecule has 1 fully saturated rings. The molecule has 152 valence electrons. The van der Waals surface area contributed by atoms with Gasteiger partial charge in [0.2, 0.25) is 0 Å². The van der Waals surface area contributed by atoms with Crippen LogP contribution in [0.15, 0.2) is 54.2 Å². The molecule has 3 heterocycles. The third-order valence-corrected chi connectivity index (χ3v) is 7.19. The maximum absolute atomic E-state index is 6.21. The molecule has 1 aliphatic heterocycles. The molecule has 0 spiro atoms. The van der Waals surface area contributed by atoms with Gasteiger partial charge in [-0.05, 0) is 30.7 Å². The van der Waals surface area contributed by atoms with E-state index < -0.39 is 0 Å². The summed E-state index contributed by atoms with van der Waals surface area (Å²) in [7, 11) is 0. The lowest BCUT2D eigenvalue weighted by atomic mass is 10.0. The summed E-state index contributed by atoms with van der Waals surface area (Å²) < 4.78 is 0. The van der Waals surface area contributed by atoms with Gasteiger partial charge in [0.1, 0.15) is 17.0 Å². The highest BCUT2D eigenvalue weighted by Gasteiger charge is 2.23. The van der Waals surface area contributed by atoms with Crippen molar-refractivity contribution in [1.29, 1.82) is 0 Å². The minimum atomic E-state index is 0.587. The van der Waals surface area contributed by atoms with Crippen molar-refractivity contribution < 1.29 is 0 Å². The standard InChI is InChI=1S/C23H20Cl2N4S/c1-15-2-4-16(5-3-15)18-13-30-23-21(18)22(26-14-27-23)29-10-8-28(9-11-29)17-6-7-19(24)20(25)12-17/h2-7,12-14H,8-11H2,1H3. The van der Waals surface area contributed by atoms with Gasteiger partial charge in [0, 0.05) is 42.8 Å². The van der Waals surface area contributed by atoms with E-state index in [0.717, 1.165) is 47.9 Å². The largest absolute Gasteiger partial charge is 0.368 e. The van der Waals surface area contributed by atoms with Gasteiger partial charge in [-0.15, -0.1) is 11.3 Å². The second-order valence-electron chi connectivity index (χ2n) is 7.47. The predicted molar refractivity (Wildman–Crippen MR) is 128 cm³/mol. The van der Waals surface area contributed by atoms with Gasteiger partial charge in [-0.3, -0.25) is 0 Å². The van der Waals surface area contributed by atoms with Crippen LogP contribution in [0, 0.1) is 6.92 Å². The Balaban J connectivity index is 1.44. The molecule has 0 aliphatic carbocycles. The van der Waals surface area contributed by atoms with Gasteiger partial charge in [0.15, 0.2) is 0 Å². The van der Waals surface area contributed by atoms with Gasteiger partial charge in [-0.25, -0.2) is 9.97 Å². The summed E-state index contributed by atoms with van der Waals surface area (Å²) in [4.78, 5) is 15.0. The number of fused-ring (bicyclic) bond motifs is 1. The minimum Gasteiger partial charge on any atom is -0.368 e. The molecule has 0 bridgehead atoms. The molecule has 1 saturated heterocycles. The van der Waals surface area contributed by atoms with E-state index in [1.807, 2.05) is 18.2 Å². The lowest BCUT2D eigenvalue weighted by molar-refractivity contribution is 0.649. The number of aromatic nitrogens is 2. The Hall–Kier alpha value is -2.34. The Morgan fingerprint density at radius 3 is 2.33 bits per heavy atom. The number of aryl methyl sites for hydroxylation is 1. The van der Waals surface area contributed by atoms with Crippen LogP contribution in [0.25, 0.3) is 21.3 Å². The first-order valence-corrected chi connectivity index (χ1v) is 11.5. The Morgan fingerprint density at radius 1 is 0.867 bits per heavy atom. The van der Waals surface area contributed by atoms with Crippen LogP contribution in [-0.2, 0) is 0 Å². The number of rotatable bonds is 3. The number of thiophene rings is 1. The fourth-order valence-corrected chi connectivity index (χ4v) is 5.11. The summed E-state index contributed by atoms with van der Waals surface area (Å²) in [6.07, 6.45) is 1.68.